The summed E-state index contributed by atoms with van der Waals surface area (Å²) in [6.45, 7) is 1.14. The van der Waals surface area contributed by atoms with Crippen LogP contribution < -0.4 is 9.30 Å². The Labute approximate surface area is 166 Å². The molecular weight excluding hydrogens is 404 g/mol. The van der Waals surface area contributed by atoms with Crippen LogP contribution >= 0.6 is 15.9 Å². The number of carbonyl (C=O) groups excluding carboxylic acids is 1. The first kappa shape index (κ1) is 16.8. The van der Waals surface area contributed by atoms with E-state index >= 15 is 0 Å². The molecule has 27 heavy (non-hydrogen) atoms. The summed E-state index contributed by atoms with van der Waals surface area (Å²) >= 11 is 3.41. The number of Topliss-reactive ketones (excluding diaryl/α,β-unsaturated/α-hetero) is 1. The molecule has 0 amide bonds. The number of fused-ring (bicyclic) bond motifs is 2. The molecule has 1 unspecified atom stereocenters. The van der Waals surface area contributed by atoms with Crippen molar-refractivity contribution in [3.05, 3.63) is 81.8 Å². The number of imidazole rings is 1. The van der Waals surface area contributed by atoms with E-state index in [1.807, 2.05) is 41.4 Å². The van der Waals surface area contributed by atoms with Crippen LogP contribution in [0.2, 0.25) is 0 Å². The largest absolute Gasteiger partial charge is 0.493 e. The maximum absolute atomic E-state index is 12.5. The normalized spacial score (nSPS) is 17.4. The maximum Gasteiger partial charge on any atom is 0.244 e. The van der Waals surface area contributed by atoms with E-state index in [0.717, 1.165) is 41.7 Å². The van der Waals surface area contributed by atoms with Gasteiger partial charge in [0.25, 0.3) is 0 Å². The quantitative estimate of drug-likeness (QED) is 0.471. The van der Waals surface area contributed by atoms with Crippen molar-refractivity contribution in [3.63, 3.8) is 0 Å². The highest BCUT2D eigenvalue weighted by molar-refractivity contribution is 9.10. The molecule has 2 aromatic carbocycles. The van der Waals surface area contributed by atoms with Gasteiger partial charge in [-0.15, -0.1) is 0 Å². The summed E-state index contributed by atoms with van der Waals surface area (Å²) in [7, 11) is 0. The van der Waals surface area contributed by atoms with Gasteiger partial charge >= 0.3 is 0 Å². The number of hydrogen-bond donors (Lipinski definition) is 0. The Kier molecular flexibility index (Phi) is 4.12. The molecule has 1 aromatic heterocycles. The van der Waals surface area contributed by atoms with Crippen LogP contribution in [0, 0.1) is 0 Å². The van der Waals surface area contributed by atoms with Crippen LogP contribution in [-0.4, -0.2) is 17.0 Å². The predicted octanol–water partition coefficient (Wildman–Crippen LogP) is 3.89. The number of aromatic nitrogens is 2. The Morgan fingerprint density at radius 1 is 1.19 bits per heavy atom. The Balaban J connectivity index is 1.36. The molecular formula is C22H20BrN2O2+. The fourth-order valence-electron chi connectivity index (χ4n) is 4.16. The Bertz CT molecular complexity index is 1020. The number of benzene rings is 2. The lowest BCUT2D eigenvalue weighted by molar-refractivity contribution is -0.682. The lowest BCUT2D eigenvalue weighted by Crippen LogP contribution is -2.36. The number of rotatable bonds is 4. The molecule has 1 aliphatic carbocycles. The first-order chi connectivity index (χ1) is 13.2. The molecule has 0 saturated heterocycles. The smallest absolute Gasteiger partial charge is 0.244 e. The number of ketones is 1. The molecule has 4 nitrogen and oxygen atoms in total. The van der Waals surface area contributed by atoms with E-state index in [0.29, 0.717) is 12.6 Å². The van der Waals surface area contributed by atoms with E-state index in [4.69, 9.17) is 4.74 Å². The molecule has 5 rings (SSSR count). The number of halogens is 1. The summed E-state index contributed by atoms with van der Waals surface area (Å²) in [6.07, 6.45) is 9.32. The van der Waals surface area contributed by atoms with Gasteiger partial charge in [-0.3, -0.25) is 4.79 Å². The first-order valence-corrected chi connectivity index (χ1v) is 10.1. The van der Waals surface area contributed by atoms with E-state index in [2.05, 4.69) is 38.8 Å². The molecule has 3 aromatic rings. The van der Waals surface area contributed by atoms with Gasteiger partial charge in [-0.05, 0) is 42.2 Å². The molecule has 0 fully saturated rings. The average Bonchev–Trinajstić information content (AvgIpc) is 3.39. The molecule has 0 saturated carbocycles. The molecule has 1 atom stereocenters. The number of carbonyl (C=O) groups is 1. The lowest BCUT2D eigenvalue weighted by Gasteiger charge is -2.09. The standard InChI is InChI=1S/C22H20BrN2O2/c23-18-4-1-15(2-5-18)21(26)13-24-8-9-25(14-24)20-6-3-16-11-17-7-10-27-22(17)12-19(16)20/h1-2,4-5,8-9,11-12,14,20H,3,6-7,10,13H2/q+1. The Hall–Kier alpha value is -2.40. The third-order valence-electron chi connectivity index (χ3n) is 5.56. The van der Waals surface area contributed by atoms with Gasteiger partial charge in [-0.25, -0.2) is 9.13 Å². The highest BCUT2D eigenvalue weighted by Gasteiger charge is 2.30. The predicted molar refractivity (Wildman–Crippen MR) is 105 cm³/mol. The Morgan fingerprint density at radius 2 is 2.04 bits per heavy atom. The summed E-state index contributed by atoms with van der Waals surface area (Å²) in [5.74, 6) is 1.16. The van der Waals surface area contributed by atoms with Gasteiger partial charge in [0.1, 0.15) is 24.2 Å². The topological polar surface area (TPSA) is 35.1 Å². The molecule has 5 heteroatoms. The molecule has 0 bridgehead atoms. The SMILES string of the molecule is O=C(C[n+]1ccn(C2CCc3cc4c(cc32)OCC4)c1)c1ccc(Br)cc1. The van der Waals surface area contributed by atoms with Crippen molar-refractivity contribution in [3.8, 4) is 5.75 Å². The third-order valence-corrected chi connectivity index (χ3v) is 6.09. The van der Waals surface area contributed by atoms with Gasteiger partial charge in [-0.2, -0.15) is 0 Å². The third kappa shape index (κ3) is 3.10. The van der Waals surface area contributed by atoms with Gasteiger partial charge in [0, 0.05) is 22.0 Å². The van der Waals surface area contributed by atoms with Crippen molar-refractivity contribution in [2.45, 2.75) is 31.8 Å². The van der Waals surface area contributed by atoms with Crippen LogP contribution in [0.4, 0.5) is 0 Å². The van der Waals surface area contributed by atoms with Gasteiger partial charge in [0.2, 0.25) is 12.1 Å². The van der Waals surface area contributed by atoms with E-state index in [1.165, 1.54) is 16.7 Å². The zero-order chi connectivity index (χ0) is 18.4. The number of nitrogens with zero attached hydrogens (tertiary/aromatic N) is 2. The van der Waals surface area contributed by atoms with Crippen LogP contribution in [0.3, 0.4) is 0 Å². The van der Waals surface area contributed by atoms with Gasteiger partial charge in [0.05, 0.1) is 6.61 Å². The van der Waals surface area contributed by atoms with Gasteiger partial charge < -0.3 is 4.74 Å². The van der Waals surface area contributed by atoms with Crippen LogP contribution in [0.25, 0.3) is 0 Å². The second-order valence-corrected chi connectivity index (χ2v) is 8.19. The highest BCUT2D eigenvalue weighted by Crippen LogP contribution is 2.39. The van der Waals surface area contributed by atoms with E-state index in [-0.39, 0.29) is 5.78 Å². The monoisotopic (exact) mass is 423 g/mol. The summed E-state index contributed by atoms with van der Waals surface area (Å²) < 4.78 is 10.9. The number of hydrogen-bond acceptors (Lipinski definition) is 2. The van der Waals surface area contributed by atoms with Crippen LogP contribution in [0.1, 0.15) is 39.5 Å². The van der Waals surface area contributed by atoms with E-state index < -0.39 is 0 Å². The molecule has 0 radical (unpaired) electrons. The molecule has 2 aliphatic rings. The molecule has 1 aliphatic heterocycles. The second kappa shape index (κ2) is 6.64. The van der Waals surface area contributed by atoms with Crippen molar-refractivity contribution < 1.29 is 14.1 Å². The number of ether oxygens (including phenoxy) is 1. The van der Waals surface area contributed by atoms with Crippen LogP contribution in [0.5, 0.6) is 5.75 Å². The zero-order valence-electron chi connectivity index (χ0n) is 14.9. The summed E-state index contributed by atoms with van der Waals surface area (Å²) in [5.41, 5.74) is 4.88. The van der Waals surface area contributed by atoms with Crippen LogP contribution in [-0.2, 0) is 19.4 Å². The molecule has 136 valence electrons. The second-order valence-electron chi connectivity index (χ2n) is 7.27. The minimum absolute atomic E-state index is 0.114. The van der Waals surface area contributed by atoms with Gasteiger partial charge in [0.15, 0.2) is 6.54 Å². The minimum atomic E-state index is 0.114. The Morgan fingerprint density at radius 3 is 2.89 bits per heavy atom. The van der Waals surface area contributed by atoms with Gasteiger partial charge in [-0.1, -0.05) is 34.1 Å². The molecule has 0 N–H and O–H groups in total. The summed E-state index contributed by atoms with van der Waals surface area (Å²) in [6, 6.07) is 12.4. The molecule has 2 heterocycles. The fourth-order valence-corrected chi connectivity index (χ4v) is 4.42. The fraction of sp³-hybridized carbons (Fsp3) is 0.273. The van der Waals surface area contributed by atoms with Crippen molar-refractivity contribution in [1.29, 1.82) is 0 Å². The maximum atomic E-state index is 12.5. The van der Waals surface area contributed by atoms with Crippen molar-refractivity contribution in [1.82, 2.24) is 4.57 Å². The molecule has 0 spiro atoms. The first-order valence-electron chi connectivity index (χ1n) is 9.31. The van der Waals surface area contributed by atoms with Crippen molar-refractivity contribution in [2.24, 2.45) is 0 Å². The summed E-state index contributed by atoms with van der Waals surface area (Å²) in [5, 5.41) is 0. The minimum Gasteiger partial charge on any atom is -0.493 e. The summed E-state index contributed by atoms with van der Waals surface area (Å²) in [4.78, 5) is 12.5. The average molecular weight is 424 g/mol. The van der Waals surface area contributed by atoms with Crippen LogP contribution in [0.15, 0.2) is 59.6 Å². The number of aryl methyl sites for hydroxylation is 1. The van der Waals surface area contributed by atoms with E-state index in [9.17, 15) is 4.79 Å². The van der Waals surface area contributed by atoms with E-state index in [1.54, 1.807) is 0 Å². The van der Waals surface area contributed by atoms with Crippen molar-refractivity contribution in [2.75, 3.05) is 6.61 Å². The zero-order valence-corrected chi connectivity index (χ0v) is 16.5. The van der Waals surface area contributed by atoms with Crippen molar-refractivity contribution >= 4 is 21.7 Å². The lowest BCUT2D eigenvalue weighted by atomic mass is 10.0. The highest BCUT2D eigenvalue weighted by atomic mass is 79.9.